The van der Waals surface area contributed by atoms with Gasteiger partial charge in [-0.15, -0.1) is 0 Å². The van der Waals surface area contributed by atoms with Crippen LogP contribution in [0, 0.1) is 5.82 Å². The molecule has 1 aliphatic rings. The standard InChI is InChI=1S/C13H15F2NO3/c14-10-3-1-9(2-4-10)11-5-6-16(12(18)19)7-13(11,15)8-17/h1-4,11,17H,5-8H2,(H,18,19). The number of piperidine rings is 1. The molecule has 1 amide bonds. The van der Waals surface area contributed by atoms with Gasteiger partial charge in [0.25, 0.3) is 0 Å². The van der Waals surface area contributed by atoms with Crippen LogP contribution in [0.1, 0.15) is 17.9 Å². The van der Waals surface area contributed by atoms with Gasteiger partial charge in [-0.25, -0.2) is 13.6 Å². The first-order chi connectivity index (χ1) is 8.96. The zero-order chi connectivity index (χ0) is 14.0. The summed E-state index contributed by atoms with van der Waals surface area (Å²) < 4.78 is 27.6. The van der Waals surface area contributed by atoms with Gasteiger partial charge in [0, 0.05) is 12.5 Å². The number of rotatable bonds is 2. The number of aliphatic hydroxyl groups is 1. The van der Waals surface area contributed by atoms with Crippen molar-refractivity contribution in [2.45, 2.75) is 18.0 Å². The van der Waals surface area contributed by atoms with E-state index in [2.05, 4.69) is 0 Å². The molecule has 1 fully saturated rings. The van der Waals surface area contributed by atoms with Crippen molar-refractivity contribution in [3.8, 4) is 0 Å². The molecule has 1 aromatic carbocycles. The van der Waals surface area contributed by atoms with E-state index in [0.717, 1.165) is 4.90 Å². The van der Waals surface area contributed by atoms with Crippen LogP contribution >= 0.6 is 0 Å². The maximum atomic E-state index is 14.7. The number of nitrogens with zero attached hydrogens (tertiary/aromatic N) is 1. The number of carboxylic acid groups (broad SMARTS) is 1. The maximum absolute atomic E-state index is 14.7. The van der Waals surface area contributed by atoms with E-state index in [1.54, 1.807) is 0 Å². The highest BCUT2D eigenvalue weighted by atomic mass is 19.1. The van der Waals surface area contributed by atoms with Crippen LogP contribution in [0.3, 0.4) is 0 Å². The number of alkyl halides is 1. The molecule has 0 bridgehead atoms. The summed E-state index contributed by atoms with van der Waals surface area (Å²) in [6.45, 7) is -0.942. The second-order valence-electron chi connectivity index (χ2n) is 4.79. The number of amides is 1. The fraction of sp³-hybridized carbons (Fsp3) is 0.462. The van der Waals surface area contributed by atoms with Crippen LogP contribution < -0.4 is 0 Å². The second kappa shape index (κ2) is 5.13. The van der Waals surface area contributed by atoms with Gasteiger partial charge in [0.15, 0.2) is 5.67 Å². The summed E-state index contributed by atoms with van der Waals surface area (Å²) in [6.07, 6.45) is -0.942. The van der Waals surface area contributed by atoms with E-state index < -0.39 is 30.1 Å². The minimum atomic E-state index is -2.03. The Labute approximate surface area is 109 Å². The highest BCUT2D eigenvalue weighted by Crippen LogP contribution is 2.38. The molecule has 2 rings (SSSR count). The van der Waals surface area contributed by atoms with Gasteiger partial charge in [0.2, 0.25) is 0 Å². The molecule has 0 aromatic heterocycles. The van der Waals surface area contributed by atoms with E-state index in [-0.39, 0.29) is 19.5 Å². The van der Waals surface area contributed by atoms with E-state index in [1.165, 1.54) is 24.3 Å². The van der Waals surface area contributed by atoms with Crippen molar-refractivity contribution in [1.82, 2.24) is 4.90 Å². The lowest BCUT2D eigenvalue weighted by molar-refractivity contribution is -0.0140. The van der Waals surface area contributed by atoms with Crippen LogP contribution in [0.2, 0.25) is 0 Å². The van der Waals surface area contributed by atoms with E-state index in [4.69, 9.17) is 5.11 Å². The quantitative estimate of drug-likeness (QED) is 0.864. The number of carbonyl (C=O) groups is 1. The molecule has 2 N–H and O–H groups in total. The summed E-state index contributed by atoms with van der Waals surface area (Å²) in [5.74, 6) is -1.05. The molecule has 0 saturated carbocycles. The molecular formula is C13H15F2NO3. The number of hydrogen-bond acceptors (Lipinski definition) is 2. The van der Waals surface area contributed by atoms with Gasteiger partial charge in [0.1, 0.15) is 5.82 Å². The number of halogens is 2. The van der Waals surface area contributed by atoms with Crippen LogP contribution in [-0.2, 0) is 0 Å². The molecule has 2 atom stereocenters. The summed E-state index contributed by atoms with van der Waals surface area (Å²) in [5, 5.41) is 18.2. The maximum Gasteiger partial charge on any atom is 0.407 e. The number of benzene rings is 1. The lowest BCUT2D eigenvalue weighted by Crippen LogP contribution is -2.53. The Kier molecular flexibility index (Phi) is 3.71. The summed E-state index contributed by atoms with van der Waals surface area (Å²) in [6, 6.07) is 5.41. The average molecular weight is 271 g/mol. The third-order valence-corrected chi connectivity index (χ3v) is 3.57. The minimum absolute atomic E-state index is 0.197. The van der Waals surface area contributed by atoms with Crippen LogP contribution in [0.5, 0.6) is 0 Å². The third kappa shape index (κ3) is 2.68. The highest BCUT2D eigenvalue weighted by molar-refractivity contribution is 5.65. The second-order valence-corrected chi connectivity index (χ2v) is 4.79. The van der Waals surface area contributed by atoms with Crippen molar-refractivity contribution in [3.05, 3.63) is 35.6 Å². The monoisotopic (exact) mass is 271 g/mol. The zero-order valence-corrected chi connectivity index (χ0v) is 10.2. The molecule has 1 heterocycles. The molecule has 0 aliphatic carbocycles. The van der Waals surface area contributed by atoms with Crippen LogP contribution in [-0.4, -0.2) is 46.6 Å². The topological polar surface area (TPSA) is 60.8 Å². The Balaban J connectivity index is 2.25. The van der Waals surface area contributed by atoms with Crippen LogP contribution in [0.4, 0.5) is 13.6 Å². The first kappa shape index (κ1) is 13.7. The van der Waals surface area contributed by atoms with Gasteiger partial charge in [-0.05, 0) is 24.1 Å². The Bertz CT molecular complexity index is 465. The molecule has 104 valence electrons. The molecule has 1 saturated heterocycles. The fourth-order valence-corrected chi connectivity index (χ4v) is 2.53. The zero-order valence-electron chi connectivity index (χ0n) is 10.2. The van der Waals surface area contributed by atoms with Crippen molar-refractivity contribution < 1.29 is 23.8 Å². The summed E-state index contributed by atoms with van der Waals surface area (Å²) in [7, 11) is 0. The number of hydrogen-bond donors (Lipinski definition) is 2. The third-order valence-electron chi connectivity index (χ3n) is 3.57. The molecule has 6 heteroatoms. The van der Waals surface area contributed by atoms with Gasteiger partial charge >= 0.3 is 6.09 Å². The lowest BCUT2D eigenvalue weighted by Gasteiger charge is -2.41. The highest BCUT2D eigenvalue weighted by Gasteiger charge is 2.45. The lowest BCUT2D eigenvalue weighted by atomic mass is 9.78. The summed E-state index contributed by atoms with van der Waals surface area (Å²) >= 11 is 0. The van der Waals surface area contributed by atoms with Gasteiger partial charge in [-0.1, -0.05) is 12.1 Å². The Hall–Kier alpha value is -1.69. The van der Waals surface area contributed by atoms with Crippen molar-refractivity contribution in [2.75, 3.05) is 19.7 Å². The largest absolute Gasteiger partial charge is 0.465 e. The summed E-state index contributed by atoms with van der Waals surface area (Å²) in [5.41, 5.74) is -1.46. The molecule has 0 radical (unpaired) electrons. The molecule has 1 aromatic rings. The molecular weight excluding hydrogens is 256 g/mol. The molecule has 1 aliphatic heterocycles. The van der Waals surface area contributed by atoms with Crippen molar-refractivity contribution in [3.63, 3.8) is 0 Å². The van der Waals surface area contributed by atoms with E-state index in [9.17, 15) is 18.7 Å². The van der Waals surface area contributed by atoms with Crippen molar-refractivity contribution in [1.29, 1.82) is 0 Å². The van der Waals surface area contributed by atoms with Crippen LogP contribution in [0.15, 0.2) is 24.3 Å². The van der Waals surface area contributed by atoms with Gasteiger partial charge in [0.05, 0.1) is 13.2 Å². The molecule has 0 spiro atoms. The molecule has 4 nitrogen and oxygen atoms in total. The first-order valence-corrected chi connectivity index (χ1v) is 5.99. The van der Waals surface area contributed by atoms with E-state index in [1.807, 2.05) is 0 Å². The van der Waals surface area contributed by atoms with Crippen LogP contribution in [0.25, 0.3) is 0 Å². The number of aliphatic hydroxyl groups excluding tert-OH is 1. The van der Waals surface area contributed by atoms with E-state index in [0.29, 0.717) is 5.56 Å². The average Bonchev–Trinajstić information content (AvgIpc) is 2.40. The summed E-state index contributed by atoms with van der Waals surface area (Å²) in [4.78, 5) is 11.8. The Morgan fingerprint density at radius 1 is 1.42 bits per heavy atom. The Morgan fingerprint density at radius 2 is 2.05 bits per heavy atom. The van der Waals surface area contributed by atoms with Gasteiger partial charge in [-0.2, -0.15) is 0 Å². The van der Waals surface area contributed by atoms with E-state index >= 15 is 0 Å². The molecule has 2 unspecified atom stereocenters. The van der Waals surface area contributed by atoms with Gasteiger partial charge in [-0.3, -0.25) is 0 Å². The molecule has 19 heavy (non-hydrogen) atoms. The SMILES string of the molecule is O=C(O)N1CCC(c2ccc(F)cc2)C(F)(CO)C1. The fourth-order valence-electron chi connectivity index (χ4n) is 2.53. The smallest absolute Gasteiger partial charge is 0.407 e. The van der Waals surface area contributed by atoms with Gasteiger partial charge < -0.3 is 15.1 Å². The Morgan fingerprint density at radius 3 is 2.58 bits per heavy atom. The van der Waals surface area contributed by atoms with Crippen molar-refractivity contribution >= 4 is 6.09 Å². The first-order valence-electron chi connectivity index (χ1n) is 5.99. The van der Waals surface area contributed by atoms with Crippen molar-refractivity contribution in [2.24, 2.45) is 0 Å². The predicted molar refractivity (Wildman–Crippen MR) is 64.3 cm³/mol. The normalized spacial score (nSPS) is 27.3. The number of likely N-dealkylation sites (tertiary alicyclic amines) is 1. The minimum Gasteiger partial charge on any atom is -0.465 e. The predicted octanol–water partition coefficient (Wildman–Crippen LogP) is 1.99.